The molecule has 7 nitrogen and oxygen atoms in total. The molecular weight excluding hydrogens is 516 g/mol. The minimum Gasteiger partial charge on any atom is -0.343 e. The van der Waals surface area contributed by atoms with E-state index in [0.29, 0.717) is 28.2 Å². The van der Waals surface area contributed by atoms with Crippen LogP contribution < -0.4 is 5.69 Å². The van der Waals surface area contributed by atoms with Gasteiger partial charge in [-0.2, -0.15) is 13.2 Å². The molecule has 182 valence electrons. The third-order valence-electron chi connectivity index (χ3n) is 5.38. The lowest BCUT2D eigenvalue weighted by Crippen LogP contribution is -2.30. The molecule has 0 fully saturated rings. The SMILES string of the molecule is CS(=O)(=O)CCCn1c(Cn2c(=O)n(CC(F)(F)F)c3c(Cl)cncc32)cc2cc(Cl)ccc21. The number of hydrogen-bond acceptors (Lipinski definition) is 4. The van der Waals surface area contributed by atoms with Gasteiger partial charge in [-0.3, -0.25) is 14.1 Å². The molecule has 0 spiro atoms. The van der Waals surface area contributed by atoms with Crippen LogP contribution in [0.1, 0.15) is 12.1 Å². The minimum atomic E-state index is -4.63. The topological polar surface area (TPSA) is 78.9 Å². The van der Waals surface area contributed by atoms with Crippen LogP contribution in [-0.4, -0.2) is 45.3 Å². The summed E-state index contributed by atoms with van der Waals surface area (Å²) in [6, 6.07) is 6.96. The molecule has 0 aliphatic rings. The lowest BCUT2D eigenvalue weighted by atomic mass is 10.2. The van der Waals surface area contributed by atoms with Crippen LogP contribution in [0.3, 0.4) is 0 Å². The highest BCUT2D eigenvalue weighted by molar-refractivity contribution is 7.90. The highest BCUT2D eigenvalue weighted by Gasteiger charge is 2.31. The third kappa shape index (κ3) is 5.11. The summed E-state index contributed by atoms with van der Waals surface area (Å²) in [6.07, 6.45) is -0.690. The molecule has 0 saturated heterocycles. The van der Waals surface area contributed by atoms with E-state index in [0.717, 1.165) is 17.2 Å². The van der Waals surface area contributed by atoms with Gasteiger partial charge in [0.25, 0.3) is 0 Å². The van der Waals surface area contributed by atoms with Crippen LogP contribution in [0.5, 0.6) is 0 Å². The highest BCUT2D eigenvalue weighted by Crippen LogP contribution is 2.28. The Morgan fingerprint density at radius 1 is 1.03 bits per heavy atom. The van der Waals surface area contributed by atoms with E-state index < -0.39 is 28.2 Å². The van der Waals surface area contributed by atoms with Gasteiger partial charge in [0.2, 0.25) is 0 Å². The zero-order chi connectivity index (χ0) is 24.8. The van der Waals surface area contributed by atoms with Crippen LogP contribution in [-0.2, 0) is 29.5 Å². The van der Waals surface area contributed by atoms with E-state index in [4.69, 9.17) is 23.2 Å². The summed E-state index contributed by atoms with van der Waals surface area (Å²) in [5.74, 6) is -0.0376. The molecule has 0 aliphatic carbocycles. The van der Waals surface area contributed by atoms with E-state index in [1.54, 1.807) is 24.3 Å². The maximum Gasteiger partial charge on any atom is 0.406 e. The van der Waals surface area contributed by atoms with Crippen molar-refractivity contribution in [1.82, 2.24) is 18.7 Å². The van der Waals surface area contributed by atoms with Crippen LogP contribution >= 0.6 is 23.2 Å². The van der Waals surface area contributed by atoms with E-state index in [9.17, 15) is 26.4 Å². The van der Waals surface area contributed by atoms with Crippen molar-refractivity contribution in [3.8, 4) is 0 Å². The van der Waals surface area contributed by atoms with Crippen LogP contribution in [0, 0.1) is 0 Å². The molecule has 0 unspecified atom stereocenters. The first kappa shape index (κ1) is 24.6. The summed E-state index contributed by atoms with van der Waals surface area (Å²) >= 11 is 12.2. The molecule has 0 saturated carbocycles. The Morgan fingerprint density at radius 2 is 1.76 bits per heavy atom. The number of aromatic nitrogens is 4. The largest absolute Gasteiger partial charge is 0.406 e. The van der Waals surface area contributed by atoms with Crippen LogP contribution in [0.25, 0.3) is 21.9 Å². The Balaban J connectivity index is 1.85. The Kier molecular flexibility index (Phi) is 6.47. The standard InChI is InChI=1S/C21H19Cl2F3N4O3S/c1-34(32,33)6-2-5-28-15(8-13-7-14(22)3-4-17(13)28)11-29-18-10-27-9-16(23)19(18)30(20(29)31)12-21(24,25)26/h3-4,7-10H,2,5-6,11-12H2,1H3. The summed E-state index contributed by atoms with van der Waals surface area (Å²) in [4.78, 5) is 17.0. The van der Waals surface area contributed by atoms with Crippen molar-refractivity contribution in [2.24, 2.45) is 0 Å². The molecule has 13 heteroatoms. The average Bonchev–Trinajstić information content (AvgIpc) is 3.16. The molecule has 3 aromatic heterocycles. The molecule has 4 aromatic rings. The molecule has 4 rings (SSSR count). The predicted molar refractivity (Wildman–Crippen MR) is 125 cm³/mol. The first-order chi connectivity index (χ1) is 15.8. The number of alkyl halides is 3. The normalized spacial score (nSPS) is 12.8. The van der Waals surface area contributed by atoms with E-state index in [2.05, 4.69) is 4.98 Å². The van der Waals surface area contributed by atoms with Crippen molar-refractivity contribution in [3.63, 3.8) is 0 Å². The zero-order valence-corrected chi connectivity index (χ0v) is 20.1. The first-order valence-corrected chi connectivity index (χ1v) is 12.9. The number of aryl methyl sites for hydroxylation is 1. The maximum atomic E-state index is 13.2. The van der Waals surface area contributed by atoms with E-state index >= 15 is 0 Å². The molecule has 0 amide bonds. The fraction of sp³-hybridized carbons (Fsp3) is 0.333. The quantitative estimate of drug-likeness (QED) is 0.349. The van der Waals surface area contributed by atoms with Crippen LogP contribution in [0.4, 0.5) is 13.2 Å². The van der Waals surface area contributed by atoms with Gasteiger partial charge in [-0.05, 0) is 30.7 Å². The molecule has 0 aliphatic heterocycles. The van der Waals surface area contributed by atoms with E-state index in [-0.39, 0.29) is 28.4 Å². The number of fused-ring (bicyclic) bond motifs is 2. The van der Waals surface area contributed by atoms with Gasteiger partial charge >= 0.3 is 11.9 Å². The number of rotatable bonds is 7. The van der Waals surface area contributed by atoms with Crippen molar-refractivity contribution in [2.45, 2.75) is 32.2 Å². The van der Waals surface area contributed by atoms with Crippen molar-refractivity contribution < 1.29 is 21.6 Å². The number of halogens is 5. The Labute approximate surface area is 202 Å². The van der Waals surface area contributed by atoms with Gasteiger partial charge in [0.1, 0.15) is 16.4 Å². The second-order valence-corrected chi connectivity index (χ2v) is 11.1. The Hall–Kier alpha value is -2.50. The van der Waals surface area contributed by atoms with Gasteiger partial charge < -0.3 is 4.57 Å². The van der Waals surface area contributed by atoms with Crippen LogP contribution in [0.2, 0.25) is 10.0 Å². The Bertz CT molecular complexity index is 1560. The number of imidazole rings is 1. The molecule has 1 aromatic carbocycles. The fourth-order valence-corrected chi connectivity index (χ4v) is 5.14. The number of hydrogen-bond donors (Lipinski definition) is 0. The van der Waals surface area contributed by atoms with Crippen LogP contribution in [0.15, 0.2) is 41.5 Å². The second-order valence-electron chi connectivity index (χ2n) is 8.03. The summed E-state index contributed by atoms with van der Waals surface area (Å²) in [5.41, 5.74) is 0.581. The van der Waals surface area contributed by atoms with E-state index in [1.165, 1.54) is 17.0 Å². The summed E-state index contributed by atoms with van der Waals surface area (Å²) < 4.78 is 66.4. The minimum absolute atomic E-state index is 0.0376. The molecule has 0 atom stereocenters. The fourth-order valence-electron chi connectivity index (χ4n) is 4.05. The van der Waals surface area contributed by atoms with Gasteiger partial charge in [-0.1, -0.05) is 23.2 Å². The molecule has 34 heavy (non-hydrogen) atoms. The van der Waals surface area contributed by atoms with Crippen molar-refractivity contribution in [2.75, 3.05) is 12.0 Å². The molecule has 3 heterocycles. The number of nitrogens with zero attached hydrogens (tertiary/aromatic N) is 4. The van der Waals surface area contributed by atoms with Crippen molar-refractivity contribution >= 4 is 55.0 Å². The smallest absolute Gasteiger partial charge is 0.343 e. The number of sulfone groups is 1. The monoisotopic (exact) mass is 534 g/mol. The number of benzene rings is 1. The predicted octanol–water partition coefficient (Wildman–Crippen LogP) is 4.50. The van der Waals surface area contributed by atoms with Crippen molar-refractivity contribution in [1.29, 1.82) is 0 Å². The van der Waals surface area contributed by atoms with Gasteiger partial charge in [0.05, 0.1) is 34.6 Å². The van der Waals surface area contributed by atoms with Gasteiger partial charge in [-0.15, -0.1) is 0 Å². The number of pyridine rings is 1. The summed E-state index contributed by atoms with van der Waals surface area (Å²) in [6.45, 7) is -1.25. The molecule has 0 N–H and O–H groups in total. The van der Waals surface area contributed by atoms with Crippen molar-refractivity contribution in [3.05, 3.63) is 62.9 Å². The van der Waals surface area contributed by atoms with Gasteiger partial charge in [-0.25, -0.2) is 13.2 Å². The summed E-state index contributed by atoms with van der Waals surface area (Å²) in [5, 5.41) is 1.17. The van der Waals surface area contributed by atoms with Gasteiger partial charge in [0, 0.05) is 40.6 Å². The maximum absolute atomic E-state index is 13.2. The lowest BCUT2D eigenvalue weighted by molar-refractivity contribution is -0.140. The third-order valence-corrected chi connectivity index (χ3v) is 6.92. The summed E-state index contributed by atoms with van der Waals surface area (Å²) in [7, 11) is -3.19. The zero-order valence-electron chi connectivity index (χ0n) is 17.8. The van der Waals surface area contributed by atoms with Gasteiger partial charge in [0.15, 0.2) is 0 Å². The second kappa shape index (κ2) is 8.94. The molecule has 0 bridgehead atoms. The lowest BCUT2D eigenvalue weighted by Gasteiger charge is -2.11. The van der Waals surface area contributed by atoms with E-state index in [1.807, 2.05) is 4.57 Å². The Morgan fingerprint density at radius 3 is 2.44 bits per heavy atom. The first-order valence-electron chi connectivity index (χ1n) is 10.1. The molecule has 0 radical (unpaired) electrons. The highest BCUT2D eigenvalue weighted by atomic mass is 35.5. The average molecular weight is 535 g/mol. The molecular formula is C21H19Cl2F3N4O3S.